The van der Waals surface area contributed by atoms with Crippen LogP contribution in [-0.2, 0) is 73.2 Å². The number of halogens is 4. The molecule has 0 fully saturated rings. The van der Waals surface area contributed by atoms with Gasteiger partial charge in [0.05, 0.1) is 156 Å². The van der Waals surface area contributed by atoms with Gasteiger partial charge in [0.1, 0.15) is 18.3 Å². The molecule has 1 aliphatic heterocycles. The lowest BCUT2D eigenvalue weighted by molar-refractivity contribution is -0.187. The molecule has 4 N–H and O–H groups in total. The number of rotatable bonds is 44. The van der Waals surface area contributed by atoms with E-state index in [1.54, 1.807) is 24.5 Å². The number of ether oxygens (including phenoxy) is 11. The number of amidine groups is 2. The number of nitrogens with two attached hydrogens (primary N) is 1. The lowest BCUT2D eigenvalue weighted by Gasteiger charge is -2.22. The summed E-state index contributed by atoms with van der Waals surface area (Å²) in [6, 6.07) is 7.43. The van der Waals surface area contributed by atoms with Crippen molar-refractivity contribution in [1.82, 2.24) is 20.6 Å². The Bertz CT molecular complexity index is 2460. The molecular formula is C54H74F4N8O15. The first-order chi connectivity index (χ1) is 39.4. The number of nitrogens with one attached hydrogen (secondary N) is 2. The number of carbonyl (C=O) groups excluding carboxylic acids is 3. The van der Waals surface area contributed by atoms with Gasteiger partial charge in [0.25, 0.3) is 5.91 Å². The second-order valence-electron chi connectivity index (χ2n) is 17.2. The Morgan fingerprint density at radius 1 is 0.728 bits per heavy atom. The number of hydroxylamine groups is 2. The van der Waals surface area contributed by atoms with E-state index in [-0.39, 0.29) is 76.9 Å². The second kappa shape index (κ2) is 40.7. The van der Waals surface area contributed by atoms with Crippen LogP contribution in [0.5, 0.6) is 5.75 Å². The number of hydrogen-bond donors (Lipinski definition) is 3. The monoisotopic (exact) mass is 1150 g/mol. The summed E-state index contributed by atoms with van der Waals surface area (Å²) in [6.07, 6.45) is 5.62. The SMILES string of the molecule is C=N/C(CNC(=O)CCOCCOCCOCCOCCOCCOCCOCCOCCOCCOCCC(=O)Oc1c(F)c(F)cc(F)c1F)=N\C=C(/C)c1ccc2c(c1)N=C(N)CC(C(=O)N(CCC)OCc1ccn[nH]1)=C2. The molecule has 0 aliphatic carbocycles. The number of esters is 1. The molecule has 1 aliphatic rings. The fraction of sp³-hybridized carbons (Fsp3) is 0.537. The van der Waals surface area contributed by atoms with Gasteiger partial charge in [-0.1, -0.05) is 19.1 Å². The number of fused-ring (bicyclic) bond motifs is 1. The first-order valence-corrected chi connectivity index (χ1v) is 26.3. The Labute approximate surface area is 468 Å². The smallest absolute Gasteiger partial charge is 0.313 e. The summed E-state index contributed by atoms with van der Waals surface area (Å²) in [4.78, 5) is 56.5. The van der Waals surface area contributed by atoms with Gasteiger partial charge in [0, 0.05) is 49.0 Å². The van der Waals surface area contributed by atoms with Crippen molar-refractivity contribution in [3.63, 3.8) is 0 Å². The maximum absolute atomic E-state index is 13.6. The Morgan fingerprint density at radius 3 is 1.72 bits per heavy atom. The van der Waals surface area contributed by atoms with E-state index in [1.165, 1.54) is 5.06 Å². The predicted octanol–water partition coefficient (Wildman–Crippen LogP) is 5.24. The van der Waals surface area contributed by atoms with Crippen LogP contribution < -0.4 is 15.8 Å². The average molecular weight is 1150 g/mol. The highest BCUT2D eigenvalue weighted by atomic mass is 19.2. The van der Waals surface area contributed by atoms with Crippen LogP contribution in [0.25, 0.3) is 11.6 Å². The Balaban J connectivity index is 0.886. The molecule has 23 nitrogen and oxygen atoms in total. The van der Waals surface area contributed by atoms with Crippen molar-refractivity contribution < 1.29 is 88.9 Å². The molecule has 4 rings (SSSR count). The fourth-order valence-corrected chi connectivity index (χ4v) is 6.74. The van der Waals surface area contributed by atoms with Gasteiger partial charge < -0.3 is 63.2 Å². The van der Waals surface area contributed by atoms with Gasteiger partial charge in [-0.2, -0.15) is 13.9 Å². The van der Waals surface area contributed by atoms with Crippen LogP contribution in [-0.4, -0.2) is 197 Å². The van der Waals surface area contributed by atoms with E-state index in [0.717, 1.165) is 22.4 Å². The van der Waals surface area contributed by atoms with Gasteiger partial charge >= 0.3 is 5.97 Å². The number of nitrogens with zero attached hydrogens (tertiary/aromatic N) is 5. The minimum absolute atomic E-state index is 0.0128. The molecule has 0 radical (unpaired) electrons. The standard InChI is InChI=1S/C54H74F4N8O15/c1-4-11-66(80-38-43-7-10-63-65-43)54(69)42-32-41-6-5-40(33-46(41)64-47(59)34-42)39(2)36-61-48(60-3)37-62-49(67)8-12-70-14-16-72-18-20-74-22-24-76-26-28-78-30-31-79-29-27-77-25-23-75-21-19-73-17-15-71-13-9-50(68)81-53-51(57)44(55)35-45(56)52(53)58/h5-7,10,32-33,35-36H,3-4,8-9,11-31,34,37-38H2,1-2H3,(H2,59,64)(H,62,67)(H,63,65)/b39-36+,61-48-. The van der Waals surface area contributed by atoms with E-state index in [2.05, 4.69) is 41.9 Å². The highest BCUT2D eigenvalue weighted by Crippen LogP contribution is 2.31. The van der Waals surface area contributed by atoms with Gasteiger partial charge in [0.15, 0.2) is 11.6 Å². The molecule has 2 aromatic carbocycles. The summed E-state index contributed by atoms with van der Waals surface area (Å²) in [7, 11) is 0. The van der Waals surface area contributed by atoms with E-state index in [0.29, 0.717) is 135 Å². The minimum Gasteiger partial charge on any atom is -0.420 e. The van der Waals surface area contributed by atoms with Gasteiger partial charge in [-0.25, -0.2) is 28.8 Å². The average Bonchev–Trinajstić information content (AvgIpc) is 3.92. The number of benzene rings is 2. The number of carbonyl (C=O) groups is 3. The number of H-pyrrole nitrogens is 1. The quantitative estimate of drug-likeness (QED) is 0.00955. The number of hydrogen-bond acceptors (Lipinski definition) is 19. The van der Waals surface area contributed by atoms with E-state index < -0.39 is 41.4 Å². The first kappa shape index (κ1) is 67.1. The molecule has 448 valence electrons. The molecule has 3 aromatic rings. The Morgan fingerprint density at radius 2 is 1.23 bits per heavy atom. The van der Waals surface area contributed by atoms with Crippen molar-refractivity contribution >= 4 is 53.5 Å². The van der Waals surface area contributed by atoms with E-state index >= 15 is 0 Å². The molecule has 27 heteroatoms. The maximum atomic E-state index is 13.6. The van der Waals surface area contributed by atoms with Crippen molar-refractivity contribution in [2.45, 2.75) is 46.1 Å². The van der Waals surface area contributed by atoms with Crippen molar-refractivity contribution in [3.05, 3.63) is 88.4 Å². The molecule has 0 bridgehead atoms. The van der Waals surface area contributed by atoms with Crippen molar-refractivity contribution in [3.8, 4) is 5.75 Å². The Kier molecular flexibility index (Phi) is 33.8. The van der Waals surface area contributed by atoms with E-state index in [1.807, 2.05) is 32.0 Å². The summed E-state index contributed by atoms with van der Waals surface area (Å²) in [5.74, 6) is -9.46. The van der Waals surface area contributed by atoms with Crippen LogP contribution in [0.2, 0.25) is 0 Å². The van der Waals surface area contributed by atoms with Crippen LogP contribution in [0, 0.1) is 23.3 Å². The summed E-state index contributed by atoms with van der Waals surface area (Å²) in [5.41, 5.74) is 10.4. The van der Waals surface area contributed by atoms with Gasteiger partial charge in [0.2, 0.25) is 23.3 Å². The maximum Gasteiger partial charge on any atom is 0.313 e. The highest BCUT2D eigenvalue weighted by molar-refractivity contribution is 6.05. The summed E-state index contributed by atoms with van der Waals surface area (Å²) in [5, 5.41) is 10.9. The number of amides is 2. The van der Waals surface area contributed by atoms with Crippen LogP contribution in [0.4, 0.5) is 23.2 Å². The molecule has 0 atom stereocenters. The van der Waals surface area contributed by atoms with E-state index in [4.69, 9.17) is 57.9 Å². The lowest BCUT2D eigenvalue weighted by Crippen LogP contribution is -2.34. The van der Waals surface area contributed by atoms with Gasteiger partial charge in [-0.3, -0.25) is 24.3 Å². The Hall–Kier alpha value is -6.37. The number of allylic oxidation sites excluding steroid dienone is 1. The third-order valence-electron chi connectivity index (χ3n) is 10.9. The molecule has 0 saturated heterocycles. The third kappa shape index (κ3) is 27.8. The largest absolute Gasteiger partial charge is 0.420 e. The number of aliphatic imine (C=N–C) groups is 3. The number of aromatic nitrogens is 2. The third-order valence-corrected chi connectivity index (χ3v) is 10.9. The van der Waals surface area contributed by atoms with Crippen LogP contribution >= 0.6 is 0 Å². The summed E-state index contributed by atoms with van der Waals surface area (Å²) >= 11 is 0. The lowest BCUT2D eigenvalue weighted by atomic mass is 10.0. The second-order valence-corrected chi connectivity index (χ2v) is 17.2. The minimum atomic E-state index is -1.80. The molecular weight excluding hydrogens is 1080 g/mol. The van der Waals surface area contributed by atoms with Crippen molar-refractivity contribution in [2.75, 3.05) is 145 Å². The van der Waals surface area contributed by atoms with Crippen molar-refractivity contribution in [1.29, 1.82) is 0 Å². The zero-order valence-electron chi connectivity index (χ0n) is 45.9. The molecule has 2 heterocycles. The van der Waals surface area contributed by atoms with Crippen LogP contribution in [0.15, 0.2) is 63.3 Å². The van der Waals surface area contributed by atoms with Crippen LogP contribution in [0.3, 0.4) is 0 Å². The van der Waals surface area contributed by atoms with Crippen LogP contribution in [0.1, 0.15) is 56.4 Å². The fourth-order valence-electron chi connectivity index (χ4n) is 6.74. The van der Waals surface area contributed by atoms with Gasteiger partial charge in [-0.05, 0) is 49.4 Å². The molecule has 81 heavy (non-hydrogen) atoms. The molecule has 0 spiro atoms. The molecule has 1 aromatic heterocycles. The molecule has 2 amide bonds. The first-order valence-electron chi connectivity index (χ1n) is 26.3. The normalized spacial score (nSPS) is 12.7. The zero-order chi connectivity index (χ0) is 58.3. The summed E-state index contributed by atoms with van der Waals surface area (Å²) < 4.78 is 112. The summed E-state index contributed by atoms with van der Waals surface area (Å²) in [6.45, 7) is 14.4. The molecule has 0 saturated carbocycles. The van der Waals surface area contributed by atoms with E-state index in [9.17, 15) is 31.9 Å². The van der Waals surface area contributed by atoms with Crippen molar-refractivity contribution in [2.24, 2.45) is 20.7 Å². The highest BCUT2D eigenvalue weighted by Gasteiger charge is 2.24. The predicted molar refractivity (Wildman–Crippen MR) is 289 cm³/mol. The zero-order valence-corrected chi connectivity index (χ0v) is 45.9. The topological polar surface area (TPSA) is 269 Å². The van der Waals surface area contributed by atoms with Gasteiger partial charge in [-0.15, -0.1) is 0 Å². The number of aromatic amines is 1. The molecule has 0 unspecified atom stereocenters.